The number of fused-ring (bicyclic) bond motifs is 1. The molecule has 0 aromatic carbocycles. The molecule has 1 unspecified atom stereocenters. The van der Waals surface area contributed by atoms with E-state index >= 15 is 0 Å². The fourth-order valence-electron chi connectivity index (χ4n) is 4.46. The topological polar surface area (TPSA) is 112 Å². The summed E-state index contributed by atoms with van der Waals surface area (Å²) in [6.45, 7) is 1.20. The van der Waals surface area contributed by atoms with Crippen molar-refractivity contribution in [3.05, 3.63) is 36.5 Å². The van der Waals surface area contributed by atoms with Gasteiger partial charge in [0.15, 0.2) is 11.5 Å². The number of rotatable bonds is 4. The van der Waals surface area contributed by atoms with Gasteiger partial charge in [0.25, 0.3) is 0 Å². The number of nitrogens with zero attached hydrogens (tertiary/aromatic N) is 6. The van der Waals surface area contributed by atoms with Crippen molar-refractivity contribution in [2.45, 2.75) is 49.7 Å². The number of alkyl halides is 3. The van der Waals surface area contributed by atoms with E-state index in [4.69, 9.17) is 0 Å². The van der Waals surface area contributed by atoms with Crippen molar-refractivity contribution in [3.8, 4) is 0 Å². The van der Waals surface area contributed by atoms with Crippen molar-refractivity contribution >= 4 is 22.8 Å². The number of aromatic nitrogens is 5. The van der Waals surface area contributed by atoms with Gasteiger partial charge in [-0.2, -0.15) is 13.2 Å². The van der Waals surface area contributed by atoms with Gasteiger partial charge in [-0.1, -0.05) is 0 Å². The maximum atomic E-state index is 12.8. The van der Waals surface area contributed by atoms with Gasteiger partial charge < -0.3 is 25.0 Å². The molecule has 3 N–H and O–H groups in total. The molecule has 1 aliphatic carbocycles. The molecule has 0 bridgehead atoms. The SMILES string of the molecule is O[C@@H]1[C@H](O)CC[C@H]1n1cnc2c(NC3CCN(c4ccc(C(F)(F)F)cn4)C3)ncnc21. The van der Waals surface area contributed by atoms with Crippen LogP contribution < -0.4 is 10.2 Å². The van der Waals surface area contributed by atoms with Crippen molar-refractivity contribution in [2.24, 2.45) is 0 Å². The summed E-state index contributed by atoms with van der Waals surface area (Å²) in [5.74, 6) is 1.04. The summed E-state index contributed by atoms with van der Waals surface area (Å²) in [6.07, 6.45) is -0.286. The van der Waals surface area contributed by atoms with Crippen LogP contribution in [-0.2, 0) is 6.18 Å². The molecule has 4 heterocycles. The average molecular weight is 449 g/mol. The van der Waals surface area contributed by atoms with E-state index in [1.54, 1.807) is 10.9 Å². The number of aliphatic hydroxyl groups is 2. The third kappa shape index (κ3) is 3.73. The highest BCUT2D eigenvalue weighted by atomic mass is 19.4. The molecule has 1 aliphatic heterocycles. The van der Waals surface area contributed by atoms with E-state index in [-0.39, 0.29) is 12.1 Å². The Balaban J connectivity index is 1.30. The Morgan fingerprint density at radius 2 is 1.88 bits per heavy atom. The Bertz CT molecular complexity index is 1100. The molecule has 0 radical (unpaired) electrons. The third-order valence-electron chi connectivity index (χ3n) is 6.19. The van der Waals surface area contributed by atoms with E-state index in [9.17, 15) is 23.4 Å². The summed E-state index contributed by atoms with van der Waals surface area (Å²) >= 11 is 0. The summed E-state index contributed by atoms with van der Waals surface area (Å²) in [4.78, 5) is 18.9. The second kappa shape index (κ2) is 7.85. The normalized spacial score (nSPS) is 26.2. The van der Waals surface area contributed by atoms with Crippen LogP contribution in [0, 0.1) is 0 Å². The average Bonchev–Trinajstić information content (AvgIpc) is 3.48. The summed E-state index contributed by atoms with van der Waals surface area (Å²) in [6, 6.07) is 2.13. The second-order valence-corrected chi connectivity index (χ2v) is 8.23. The van der Waals surface area contributed by atoms with Gasteiger partial charge in [-0.05, 0) is 31.4 Å². The maximum Gasteiger partial charge on any atom is 0.417 e. The number of nitrogens with one attached hydrogen (secondary N) is 1. The number of aliphatic hydroxyl groups excluding tert-OH is 2. The van der Waals surface area contributed by atoms with Crippen molar-refractivity contribution in [1.29, 1.82) is 0 Å². The molecule has 9 nitrogen and oxygen atoms in total. The molecular formula is C20H22F3N7O2. The monoisotopic (exact) mass is 449 g/mol. The summed E-state index contributed by atoms with van der Waals surface area (Å²) in [7, 11) is 0. The zero-order chi connectivity index (χ0) is 22.5. The number of hydrogen-bond acceptors (Lipinski definition) is 8. The predicted octanol–water partition coefficient (Wildman–Crippen LogP) is 1.99. The predicted molar refractivity (Wildman–Crippen MR) is 109 cm³/mol. The molecule has 170 valence electrons. The van der Waals surface area contributed by atoms with Gasteiger partial charge in [0.05, 0.1) is 24.0 Å². The molecule has 3 aromatic heterocycles. The number of imidazole rings is 1. The van der Waals surface area contributed by atoms with Crippen LogP contribution in [0.5, 0.6) is 0 Å². The summed E-state index contributed by atoms with van der Waals surface area (Å²) < 4.78 is 40.1. The fourth-order valence-corrected chi connectivity index (χ4v) is 4.46. The first-order chi connectivity index (χ1) is 15.3. The maximum absolute atomic E-state index is 12.8. The van der Waals surface area contributed by atoms with Gasteiger partial charge in [0, 0.05) is 25.3 Å². The molecule has 0 spiro atoms. The quantitative estimate of drug-likeness (QED) is 0.555. The Morgan fingerprint density at radius 1 is 1.03 bits per heavy atom. The van der Waals surface area contributed by atoms with Gasteiger partial charge in [0.1, 0.15) is 23.8 Å². The Labute approximate surface area is 181 Å². The van der Waals surface area contributed by atoms with Crippen LogP contribution in [-0.4, -0.2) is 66.1 Å². The standard InChI is InChI=1S/C20H22F3N7O2/c21-20(22,23)11-1-4-15(24-7-11)29-6-5-12(8-29)28-18-16-19(26-9-25-18)30(10-27-16)13-2-3-14(31)17(13)32/h1,4,7,9-10,12-14,17,31-32H,2-3,5-6,8H2,(H,25,26,28)/t12?,13-,14-,17+/m1/s1. The minimum absolute atomic E-state index is 0.00114. The molecule has 1 saturated carbocycles. The zero-order valence-corrected chi connectivity index (χ0v) is 16.9. The largest absolute Gasteiger partial charge is 0.417 e. The molecule has 1 saturated heterocycles. The van der Waals surface area contributed by atoms with Crippen LogP contribution in [0.15, 0.2) is 31.0 Å². The summed E-state index contributed by atoms with van der Waals surface area (Å²) in [5.41, 5.74) is 0.362. The van der Waals surface area contributed by atoms with Crippen LogP contribution in [0.3, 0.4) is 0 Å². The van der Waals surface area contributed by atoms with Crippen molar-refractivity contribution in [3.63, 3.8) is 0 Å². The van der Waals surface area contributed by atoms with E-state index in [1.165, 1.54) is 12.4 Å². The lowest BCUT2D eigenvalue weighted by molar-refractivity contribution is -0.137. The van der Waals surface area contributed by atoms with Gasteiger partial charge in [-0.15, -0.1) is 0 Å². The van der Waals surface area contributed by atoms with Gasteiger partial charge in [-0.3, -0.25) is 0 Å². The van der Waals surface area contributed by atoms with Crippen molar-refractivity contribution < 1.29 is 23.4 Å². The van der Waals surface area contributed by atoms with Crippen LogP contribution in [0.1, 0.15) is 30.9 Å². The van der Waals surface area contributed by atoms with E-state index in [0.29, 0.717) is 48.7 Å². The fraction of sp³-hybridized carbons (Fsp3) is 0.500. The first-order valence-electron chi connectivity index (χ1n) is 10.4. The van der Waals surface area contributed by atoms with Gasteiger partial charge in [0.2, 0.25) is 0 Å². The van der Waals surface area contributed by atoms with Gasteiger partial charge in [-0.25, -0.2) is 19.9 Å². The van der Waals surface area contributed by atoms with Crippen LogP contribution >= 0.6 is 0 Å². The molecule has 2 aliphatic rings. The number of anilines is 2. The molecule has 5 rings (SSSR count). The first kappa shape index (κ1) is 20.9. The first-order valence-corrected chi connectivity index (χ1v) is 10.4. The second-order valence-electron chi connectivity index (χ2n) is 8.23. The Hall–Kier alpha value is -2.99. The molecule has 4 atom stereocenters. The van der Waals surface area contributed by atoms with E-state index < -0.39 is 23.9 Å². The molecule has 2 fully saturated rings. The minimum Gasteiger partial charge on any atom is -0.390 e. The highest BCUT2D eigenvalue weighted by molar-refractivity contribution is 5.83. The highest BCUT2D eigenvalue weighted by Crippen LogP contribution is 2.34. The lowest BCUT2D eigenvalue weighted by Gasteiger charge is -2.19. The van der Waals surface area contributed by atoms with Crippen LogP contribution in [0.4, 0.5) is 24.8 Å². The van der Waals surface area contributed by atoms with Crippen molar-refractivity contribution in [1.82, 2.24) is 24.5 Å². The third-order valence-corrected chi connectivity index (χ3v) is 6.19. The molecule has 12 heteroatoms. The smallest absolute Gasteiger partial charge is 0.390 e. The number of hydrogen-bond donors (Lipinski definition) is 3. The molecular weight excluding hydrogens is 427 g/mol. The number of halogens is 3. The van der Waals surface area contributed by atoms with Crippen LogP contribution in [0.2, 0.25) is 0 Å². The van der Waals surface area contributed by atoms with E-state index in [2.05, 4.69) is 25.3 Å². The van der Waals surface area contributed by atoms with E-state index in [1.807, 2.05) is 4.90 Å². The lowest BCUT2D eigenvalue weighted by atomic mass is 10.2. The Kier molecular flexibility index (Phi) is 5.13. The molecule has 3 aromatic rings. The molecule has 32 heavy (non-hydrogen) atoms. The van der Waals surface area contributed by atoms with E-state index in [0.717, 1.165) is 18.7 Å². The minimum atomic E-state index is -4.41. The summed E-state index contributed by atoms with van der Waals surface area (Å²) in [5, 5.41) is 23.5. The molecule has 0 amide bonds. The van der Waals surface area contributed by atoms with Gasteiger partial charge >= 0.3 is 6.18 Å². The zero-order valence-electron chi connectivity index (χ0n) is 16.9. The van der Waals surface area contributed by atoms with Crippen LogP contribution in [0.25, 0.3) is 11.2 Å². The van der Waals surface area contributed by atoms with Crippen molar-refractivity contribution in [2.75, 3.05) is 23.3 Å². The number of pyridine rings is 1. The highest BCUT2D eigenvalue weighted by Gasteiger charge is 2.36. The lowest BCUT2D eigenvalue weighted by Crippen LogP contribution is -2.27. The Morgan fingerprint density at radius 3 is 2.56 bits per heavy atom.